The molecule has 2 nitrogen and oxygen atoms in total. The van der Waals surface area contributed by atoms with Crippen LogP contribution in [0.25, 0.3) is 0 Å². The van der Waals surface area contributed by atoms with Crippen molar-refractivity contribution in [1.82, 2.24) is 5.32 Å². The summed E-state index contributed by atoms with van der Waals surface area (Å²) in [4.78, 5) is 0. The second-order valence-corrected chi connectivity index (χ2v) is 7.22. The molecule has 1 heterocycles. The van der Waals surface area contributed by atoms with Crippen molar-refractivity contribution in [2.45, 2.75) is 70.6 Å². The van der Waals surface area contributed by atoms with E-state index in [1.165, 1.54) is 25.0 Å². The van der Waals surface area contributed by atoms with E-state index in [1.54, 1.807) is 0 Å². The van der Waals surface area contributed by atoms with Crippen LogP contribution in [0.1, 0.15) is 53.4 Å². The van der Waals surface area contributed by atoms with E-state index in [9.17, 15) is 0 Å². The highest BCUT2D eigenvalue weighted by Gasteiger charge is 2.45. The Kier molecular flexibility index (Phi) is 5.81. The maximum atomic E-state index is 6.08. The van der Waals surface area contributed by atoms with E-state index in [2.05, 4.69) is 39.3 Å². The molecule has 1 atom stereocenters. The van der Waals surface area contributed by atoms with Crippen LogP contribution in [0.5, 0.6) is 0 Å². The molecular weight excluding hydrogens is 230 g/mol. The zero-order chi connectivity index (χ0) is 12.9. The van der Waals surface area contributed by atoms with Crippen LogP contribution in [0.2, 0.25) is 0 Å². The number of thioether (sulfide) groups is 1. The predicted octanol–water partition coefficient (Wildman–Crippen LogP) is 3.46. The van der Waals surface area contributed by atoms with Gasteiger partial charge < -0.3 is 10.1 Å². The van der Waals surface area contributed by atoms with E-state index in [-0.39, 0.29) is 11.2 Å². The Bertz CT molecular complexity index is 228. The standard InChI is InChI=1S/C14H29NOS/c1-13(2)11-12(14(3,4)16-13)15-9-7-6-8-10-17-5/h12,15H,6-11H2,1-5H3. The van der Waals surface area contributed by atoms with E-state index in [0.717, 1.165) is 13.0 Å². The number of hydrogen-bond donors (Lipinski definition) is 1. The Morgan fingerprint density at radius 1 is 1.18 bits per heavy atom. The van der Waals surface area contributed by atoms with Crippen LogP contribution in [0.3, 0.4) is 0 Å². The largest absolute Gasteiger partial charge is 0.368 e. The van der Waals surface area contributed by atoms with Gasteiger partial charge in [-0.05, 0) is 65.5 Å². The van der Waals surface area contributed by atoms with Crippen LogP contribution in [0.15, 0.2) is 0 Å². The van der Waals surface area contributed by atoms with E-state index in [0.29, 0.717) is 6.04 Å². The average molecular weight is 259 g/mol. The molecule has 0 amide bonds. The Labute approximate surface area is 111 Å². The van der Waals surface area contributed by atoms with Crippen molar-refractivity contribution >= 4 is 11.8 Å². The first-order valence-corrected chi connectivity index (χ1v) is 8.19. The summed E-state index contributed by atoms with van der Waals surface area (Å²) in [7, 11) is 0. The lowest BCUT2D eigenvalue weighted by molar-refractivity contribution is -0.0697. The van der Waals surface area contributed by atoms with Crippen molar-refractivity contribution in [3.05, 3.63) is 0 Å². The van der Waals surface area contributed by atoms with Gasteiger partial charge in [0.15, 0.2) is 0 Å². The van der Waals surface area contributed by atoms with Gasteiger partial charge in [0.1, 0.15) is 0 Å². The molecular formula is C14H29NOS. The van der Waals surface area contributed by atoms with Crippen LogP contribution in [0, 0.1) is 0 Å². The quantitative estimate of drug-likeness (QED) is 0.708. The molecule has 1 fully saturated rings. The predicted molar refractivity (Wildman–Crippen MR) is 77.9 cm³/mol. The number of ether oxygens (including phenoxy) is 1. The molecule has 1 aliphatic heterocycles. The first kappa shape index (κ1) is 15.3. The van der Waals surface area contributed by atoms with Gasteiger partial charge in [0.05, 0.1) is 11.2 Å². The number of rotatable bonds is 7. The lowest BCUT2D eigenvalue weighted by atomic mass is 9.94. The SMILES string of the molecule is CSCCCCCNC1CC(C)(C)OC1(C)C. The van der Waals surface area contributed by atoms with Gasteiger partial charge >= 0.3 is 0 Å². The minimum absolute atomic E-state index is 0.0250. The molecule has 0 aromatic rings. The fraction of sp³-hybridized carbons (Fsp3) is 1.00. The van der Waals surface area contributed by atoms with Gasteiger partial charge in [-0.15, -0.1) is 0 Å². The van der Waals surface area contributed by atoms with E-state index >= 15 is 0 Å². The number of unbranched alkanes of at least 4 members (excludes halogenated alkanes) is 2. The fourth-order valence-electron chi connectivity index (χ4n) is 2.70. The monoisotopic (exact) mass is 259 g/mol. The first-order chi connectivity index (χ1) is 7.87. The van der Waals surface area contributed by atoms with Crippen LogP contribution < -0.4 is 5.32 Å². The van der Waals surface area contributed by atoms with Gasteiger partial charge in [0.25, 0.3) is 0 Å². The topological polar surface area (TPSA) is 21.3 Å². The third-order valence-electron chi connectivity index (χ3n) is 3.49. The highest BCUT2D eigenvalue weighted by molar-refractivity contribution is 7.98. The summed E-state index contributed by atoms with van der Waals surface area (Å²) < 4.78 is 6.08. The van der Waals surface area contributed by atoms with Crippen LogP contribution in [-0.4, -0.2) is 35.8 Å². The summed E-state index contributed by atoms with van der Waals surface area (Å²) in [6.07, 6.45) is 7.27. The Morgan fingerprint density at radius 3 is 2.41 bits per heavy atom. The van der Waals surface area contributed by atoms with E-state index in [1.807, 2.05) is 11.8 Å². The third kappa shape index (κ3) is 5.19. The van der Waals surface area contributed by atoms with Gasteiger partial charge in [-0.1, -0.05) is 6.42 Å². The summed E-state index contributed by atoms with van der Waals surface area (Å²) in [5, 5.41) is 3.67. The molecule has 1 saturated heterocycles. The van der Waals surface area contributed by atoms with Gasteiger partial charge in [0.2, 0.25) is 0 Å². The third-order valence-corrected chi connectivity index (χ3v) is 4.19. The van der Waals surface area contributed by atoms with Gasteiger partial charge in [0, 0.05) is 6.04 Å². The van der Waals surface area contributed by atoms with Crippen molar-refractivity contribution < 1.29 is 4.74 Å². The van der Waals surface area contributed by atoms with Gasteiger partial charge in [-0.2, -0.15) is 11.8 Å². The Hall–Kier alpha value is 0.270. The molecule has 17 heavy (non-hydrogen) atoms. The van der Waals surface area contributed by atoms with Crippen LogP contribution in [0.4, 0.5) is 0 Å². The fourth-order valence-corrected chi connectivity index (χ4v) is 3.20. The molecule has 102 valence electrons. The Balaban J connectivity index is 2.19. The minimum Gasteiger partial charge on any atom is -0.368 e. The summed E-state index contributed by atoms with van der Waals surface area (Å²) in [5.74, 6) is 1.30. The highest BCUT2D eigenvalue weighted by atomic mass is 32.2. The normalized spacial score (nSPS) is 26.3. The number of hydrogen-bond acceptors (Lipinski definition) is 3. The van der Waals surface area contributed by atoms with Crippen molar-refractivity contribution in [2.75, 3.05) is 18.6 Å². The number of nitrogens with one attached hydrogen (secondary N) is 1. The average Bonchev–Trinajstić information content (AvgIpc) is 2.40. The zero-order valence-electron chi connectivity index (χ0n) is 12.1. The molecule has 0 spiro atoms. The van der Waals surface area contributed by atoms with E-state index < -0.39 is 0 Å². The van der Waals surface area contributed by atoms with Gasteiger partial charge in [-0.3, -0.25) is 0 Å². The van der Waals surface area contributed by atoms with E-state index in [4.69, 9.17) is 4.74 Å². The molecule has 0 aliphatic carbocycles. The molecule has 0 radical (unpaired) electrons. The smallest absolute Gasteiger partial charge is 0.0787 e. The maximum Gasteiger partial charge on any atom is 0.0787 e. The second-order valence-electron chi connectivity index (χ2n) is 6.23. The molecule has 0 aromatic carbocycles. The highest BCUT2D eigenvalue weighted by Crippen LogP contribution is 2.37. The maximum absolute atomic E-state index is 6.08. The minimum atomic E-state index is -0.0250. The Morgan fingerprint density at radius 2 is 1.88 bits per heavy atom. The summed E-state index contributed by atoms with van der Waals surface area (Å²) in [6.45, 7) is 9.91. The summed E-state index contributed by atoms with van der Waals surface area (Å²) in [6, 6.07) is 0.498. The van der Waals surface area contributed by atoms with Crippen molar-refractivity contribution in [3.63, 3.8) is 0 Å². The molecule has 1 unspecified atom stereocenters. The van der Waals surface area contributed by atoms with Crippen molar-refractivity contribution in [1.29, 1.82) is 0 Å². The zero-order valence-corrected chi connectivity index (χ0v) is 13.0. The van der Waals surface area contributed by atoms with Crippen LogP contribution >= 0.6 is 11.8 Å². The van der Waals surface area contributed by atoms with Crippen molar-refractivity contribution in [3.8, 4) is 0 Å². The molecule has 0 saturated carbocycles. The summed E-state index contributed by atoms with van der Waals surface area (Å²) in [5.41, 5.74) is 0.00277. The first-order valence-electron chi connectivity index (χ1n) is 6.80. The molecule has 1 aliphatic rings. The summed E-state index contributed by atoms with van der Waals surface area (Å²) >= 11 is 1.94. The molecule has 1 N–H and O–H groups in total. The molecule has 1 rings (SSSR count). The van der Waals surface area contributed by atoms with Gasteiger partial charge in [-0.25, -0.2) is 0 Å². The lowest BCUT2D eigenvalue weighted by Crippen LogP contribution is -2.43. The molecule has 0 bridgehead atoms. The van der Waals surface area contributed by atoms with Crippen LogP contribution in [-0.2, 0) is 4.74 Å². The molecule has 0 aromatic heterocycles. The molecule has 3 heteroatoms. The van der Waals surface area contributed by atoms with Crippen molar-refractivity contribution in [2.24, 2.45) is 0 Å². The second kappa shape index (κ2) is 6.44. The lowest BCUT2D eigenvalue weighted by Gasteiger charge is -2.27.